The highest BCUT2D eigenvalue weighted by molar-refractivity contribution is 7.90. The summed E-state index contributed by atoms with van der Waals surface area (Å²) in [6, 6.07) is 5.83. The molecule has 0 spiro atoms. The van der Waals surface area contributed by atoms with Gasteiger partial charge in [-0.2, -0.15) is 0 Å². The van der Waals surface area contributed by atoms with E-state index in [2.05, 4.69) is 0 Å². The zero-order chi connectivity index (χ0) is 13.1. The average molecular weight is 256 g/mol. The molecular weight excluding hydrogens is 236 g/mol. The zero-order valence-electron chi connectivity index (χ0n) is 10.6. The Kier molecular flexibility index (Phi) is 4.71. The van der Waals surface area contributed by atoms with Crippen LogP contribution < -0.4 is 0 Å². The Balaban J connectivity index is 2.86. The second-order valence-corrected chi connectivity index (χ2v) is 6.88. The summed E-state index contributed by atoms with van der Waals surface area (Å²) in [5.41, 5.74) is 2.92. The molecule has 1 rings (SSSR count). The van der Waals surface area contributed by atoms with Crippen molar-refractivity contribution >= 4 is 9.84 Å². The molecule has 0 saturated heterocycles. The van der Waals surface area contributed by atoms with Gasteiger partial charge in [0.1, 0.15) is 0 Å². The standard InChI is InChI=1S/C13H20O3S/c1-10-4-5-12(3)13(6-10)9-17(15,16)8-11(2)7-14/h4-6,11,14H,7-9H2,1-3H3. The molecule has 0 fully saturated rings. The molecule has 1 aromatic carbocycles. The molecule has 0 saturated carbocycles. The summed E-state index contributed by atoms with van der Waals surface area (Å²) >= 11 is 0. The number of aliphatic hydroxyl groups excluding tert-OH is 1. The summed E-state index contributed by atoms with van der Waals surface area (Å²) in [5, 5.41) is 8.90. The van der Waals surface area contributed by atoms with E-state index < -0.39 is 9.84 Å². The number of benzene rings is 1. The molecule has 0 aliphatic rings. The van der Waals surface area contributed by atoms with Gasteiger partial charge < -0.3 is 5.11 Å². The lowest BCUT2D eigenvalue weighted by atomic mass is 10.1. The van der Waals surface area contributed by atoms with Crippen LogP contribution in [0.5, 0.6) is 0 Å². The van der Waals surface area contributed by atoms with Crippen molar-refractivity contribution in [3.05, 3.63) is 34.9 Å². The highest BCUT2D eigenvalue weighted by Gasteiger charge is 2.17. The van der Waals surface area contributed by atoms with Crippen LogP contribution in [0.25, 0.3) is 0 Å². The predicted octanol–water partition coefficient (Wildman–Crippen LogP) is 1.85. The van der Waals surface area contributed by atoms with Crippen LogP contribution in [0.4, 0.5) is 0 Å². The Morgan fingerprint density at radius 3 is 2.53 bits per heavy atom. The van der Waals surface area contributed by atoms with Crippen LogP contribution in [0.2, 0.25) is 0 Å². The Labute approximate surface area is 103 Å². The third-order valence-electron chi connectivity index (χ3n) is 2.73. The summed E-state index contributed by atoms with van der Waals surface area (Å²) < 4.78 is 23.8. The molecular formula is C13H20O3S. The van der Waals surface area contributed by atoms with Gasteiger partial charge >= 0.3 is 0 Å². The Morgan fingerprint density at radius 2 is 1.94 bits per heavy atom. The Bertz CT molecular complexity index is 477. The predicted molar refractivity (Wildman–Crippen MR) is 69.7 cm³/mol. The summed E-state index contributed by atoms with van der Waals surface area (Å²) in [7, 11) is -3.15. The number of hydrogen-bond donors (Lipinski definition) is 1. The molecule has 96 valence electrons. The van der Waals surface area contributed by atoms with Gasteiger partial charge in [-0.1, -0.05) is 30.7 Å². The first-order valence-corrected chi connectivity index (χ1v) is 7.53. The minimum atomic E-state index is -3.15. The quantitative estimate of drug-likeness (QED) is 0.874. The molecule has 0 amide bonds. The maximum Gasteiger partial charge on any atom is 0.154 e. The van der Waals surface area contributed by atoms with Crippen LogP contribution in [0.1, 0.15) is 23.6 Å². The molecule has 0 bridgehead atoms. The van der Waals surface area contributed by atoms with Crippen molar-refractivity contribution in [1.29, 1.82) is 0 Å². The lowest BCUT2D eigenvalue weighted by molar-refractivity contribution is 0.249. The first-order chi connectivity index (χ1) is 7.84. The van der Waals surface area contributed by atoms with Gasteiger partial charge in [0, 0.05) is 6.61 Å². The lowest BCUT2D eigenvalue weighted by Crippen LogP contribution is -2.18. The first kappa shape index (κ1) is 14.2. The maximum absolute atomic E-state index is 11.9. The van der Waals surface area contributed by atoms with Crippen molar-refractivity contribution in [2.24, 2.45) is 5.92 Å². The van der Waals surface area contributed by atoms with Crippen LogP contribution in [0, 0.1) is 19.8 Å². The van der Waals surface area contributed by atoms with Crippen molar-refractivity contribution in [3.63, 3.8) is 0 Å². The number of aryl methyl sites for hydroxylation is 2. The zero-order valence-corrected chi connectivity index (χ0v) is 11.4. The second-order valence-electron chi connectivity index (χ2n) is 4.77. The third-order valence-corrected chi connectivity index (χ3v) is 4.56. The summed E-state index contributed by atoms with van der Waals surface area (Å²) in [6.07, 6.45) is 0. The molecule has 3 nitrogen and oxygen atoms in total. The molecule has 1 atom stereocenters. The van der Waals surface area contributed by atoms with Gasteiger partial charge in [-0.25, -0.2) is 8.42 Å². The summed E-state index contributed by atoms with van der Waals surface area (Å²) in [4.78, 5) is 0. The van der Waals surface area contributed by atoms with Crippen LogP contribution >= 0.6 is 0 Å². The SMILES string of the molecule is Cc1ccc(C)c(CS(=O)(=O)CC(C)CO)c1. The van der Waals surface area contributed by atoms with E-state index in [1.165, 1.54) is 0 Å². The van der Waals surface area contributed by atoms with Crippen molar-refractivity contribution in [3.8, 4) is 0 Å². The number of aliphatic hydroxyl groups is 1. The van der Waals surface area contributed by atoms with Crippen LogP contribution in [0.3, 0.4) is 0 Å². The van der Waals surface area contributed by atoms with Gasteiger partial charge in [-0.15, -0.1) is 0 Å². The van der Waals surface area contributed by atoms with Crippen LogP contribution in [-0.4, -0.2) is 25.9 Å². The van der Waals surface area contributed by atoms with Crippen molar-refractivity contribution in [2.45, 2.75) is 26.5 Å². The molecule has 17 heavy (non-hydrogen) atoms. The fraction of sp³-hybridized carbons (Fsp3) is 0.538. The summed E-state index contributed by atoms with van der Waals surface area (Å²) in [5.74, 6) is -0.105. The van der Waals surface area contributed by atoms with E-state index >= 15 is 0 Å². The van der Waals surface area contributed by atoms with Gasteiger partial charge in [0.25, 0.3) is 0 Å². The summed E-state index contributed by atoms with van der Waals surface area (Å²) in [6.45, 7) is 5.51. The second kappa shape index (κ2) is 5.65. The molecule has 0 radical (unpaired) electrons. The Morgan fingerprint density at radius 1 is 1.29 bits per heavy atom. The molecule has 1 N–H and O–H groups in total. The van der Waals surface area contributed by atoms with E-state index in [4.69, 9.17) is 5.11 Å². The third kappa shape index (κ3) is 4.48. The highest BCUT2D eigenvalue weighted by atomic mass is 32.2. The van der Waals surface area contributed by atoms with E-state index in [0.717, 1.165) is 16.7 Å². The van der Waals surface area contributed by atoms with Gasteiger partial charge in [-0.05, 0) is 30.9 Å². The highest BCUT2D eigenvalue weighted by Crippen LogP contribution is 2.15. The first-order valence-electron chi connectivity index (χ1n) is 5.71. The molecule has 0 heterocycles. The topological polar surface area (TPSA) is 54.4 Å². The minimum Gasteiger partial charge on any atom is -0.396 e. The normalized spacial score (nSPS) is 13.6. The molecule has 0 aliphatic heterocycles. The molecule has 1 aromatic rings. The minimum absolute atomic E-state index is 0.0386. The monoisotopic (exact) mass is 256 g/mol. The van der Waals surface area contributed by atoms with E-state index in [0.29, 0.717) is 0 Å². The largest absolute Gasteiger partial charge is 0.396 e. The van der Waals surface area contributed by atoms with Gasteiger partial charge in [-0.3, -0.25) is 0 Å². The van der Waals surface area contributed by atoms with Crippen LogP contribution in [0.15, 0.2) is 18.2 Å². The molecule has 0 aliphatic carbocycles. The maximum atomic E-state index is 11.9. The van der Waals surface area contributed by atoms with E-state index in [9.17, 15) is 8.42 Å². The van der Waals surface area contributed by atoms with Crippen molar-refractivity contribution < 1.29 is 13.5 Å². The van der Waals surface area contributed by atoms with Gasteiger partial charge in [0.15, 0.2) is 9.84 Å². The lowest BCUT2D eigenvalue weighted by Gasteiger charge is -2.11. The molecule has 1 unspecified atom stereocenters. The number of hydrogen-bond acceptors (Lipinski definition) is 3. The van der Waals surface area contributed by atoms with Crippen LogP contribution in [-0.2, 0) is 15.6 Å². The van der Waals surface area contributed by atoms with Crippen molar-refractivity contribution in [1.82, 2.24) is 0 Å². The fourth-order valence-corrected chi connectivity index (χ4v) is 3.61. The average Bonchev–Trinajstić information content (AvgIpc) is 2.22. The number of rotatable bonds is 5. The van der Waals surface area contributed by atoms with Crippen molar-refractivity contribution in [2.75, 3.05) is 12.4 Å². The fourth-order valence-electron chi connectivity index (χ4n) is 1.74. The van der Waals surface area contributed by atoms with Gasteiger partial charge in [0.2, 0.25) is 0 Å². The van der Waals surface area contributed by atoms with E-state index in [1.54, 1.807) is 6.92 Å². The van der Waals surface area contributed by atoms with E-state index in [-0.39, 0.29) is 24.0 Å². The number of sulfone groups is 1. The van der Waals surface area contributed by atoms with E-state index in [1.807, 2.05) is 32.0 Å². The molecule has 4 heteroatoms. The molecule has 0 aromatic heterocycles. The smallest absolute Gasteiger partial charge is 0.154 e. The Hall–Kier alpha value is -0.870. The van der Waals surface area contributed by atoms with Gasteiger partial charge in [0.05, 0.1) is 11.5 Å².